The van der Waals surface area contributed by atoms with Crippen LogP contribution in [0.5, 0.6) is 11.5 Å². The van der Waals surface area contributed by atoms with E-state index in [1.54, 1.807) is 31.4 Å². The smallest absolute Gasteiger partial charge is 0.260 e. The zero-order chi connectivity index (χ0) is 24.3. The Morgan fingerprint density at radius 2 is 1.71 bits per heavy atom. The van der Waals surface area contributed by atoms with Crippen LogP contribution in [0.1, 0.15) is 67.4 Å². The number of nitrogens with zero attached hydrogens (tertiary/aromatic N) is 1. The van der Waals surface area contributed by atoms with Gasteiger partial charge in [0.25, 0.3) is 5.91 Å². The lowest BCUT2D eigenvalue weighted by atomic mass is 10.0. The number of rotatable bonds is 12. The SMILES string of the molecule is CCC(NC(=O)CCCC(=O)c1ccc(OC)cc1)c1ccccc1OCC(=O)N1CCCC1. The molecular formula is C27H34N2O5. The molecule has 34 heavy (non-hydrogen) atoms. The van der Waals surface area contributed by atoms with Crippen molar-refractivity contribution in [3.63, 3.8) is 0 Å². The second-order valence-electron chi connectivity index (χ2n) is 8.45. The maximum Gasteiger partial charge on any atom is 0.260 e. The number of nitrogens with one attached hydrogen (secondary N) is 1. The molecular weight excluding hydrogens is 432 g/mol. The van der Waals surface area contributed by atoms with Crippen molar-refractivity contribution >= 4 is 17.6 Å². The molecule has 0 aromatic heterocycles. The van der Waals surface area contributed by atoms with Gasteiger partial charge in [0.15, 0.2) is 12.4 Å². The maximum atomic E-state index is 12.6. The van der Waals surface area contributed by atoms with Crippen LogP contribution in [0.2, 0.25) is 0 Å². The van der Waals surface area contributed by atoms with Crippen molar-refractivity contribution < 1.29 is 23.9 Å². The van der Waals surface area contributed by atoms with E-state index >= 15 is 0 Å². The molecule has 1 fully saturated rings. The topological polar surface area (TPSA) is 84.9 Å². The van der Waals surface area contributed by atoms with Gasteiger partial charge >= 0.3 is 0 Å². The summed E-state index contributed by atoms with van der Waals surface area (Å²) in [6.07, 6.45) is 3.78. The van der Waals surface area contributed by atoms with Crippen molar-refractivity contribution in [2.75, 3.05) is 26.8 Å². The number of likely N-dealkylation sites (tertiary alicyclic amines) is 1. The van der Waals surface area contributed by atoms with E-state index in [-0.39, 0.29) is 36.7 Å². The van der Waals surface area contributed by atoms with Crippen molar-refractivity contribution in [1.82, 2.24) is 10.2 Å². The molecule has 1 aliphatic rings. The monoisotopic (exact) mass is 466 g/mol. The molecule has 0 bridgehead atoms. The Morgan fingerprint density at radius 3 is 2.38 bits per heavy atom. The minimum atomic E-state index is -0.233. The highest BCUT2D eigenvalue weighted by Crippen LogP contribution is 2.27. The van der Waals surface area contributed by atoms with E-state index in [0.717, 1.165) is 31.5 Å². The number of carbonyl (C=O) groups is 3. The van der Waals surface area contributed by atoms with Gasteiger partial charge in [0.05, 0.1) is 13.2 Å². The predicted octanol–water partition coefficient (Wildman–Crippen LogP) is 4.32. The van der Waals surface area contributed by atoms with Crippen LogP contribution in [-0.2, 0) is 9.59 Å². The van der Waals surface area contributed by atoms with Crippen LogP contribution in [0.15, 0.2) is 48.5 Å². The van der Waals surface area contributed by atoms with E-state index in [1.165, 1.54) is 0 Å². The summed E-state index contributed by atoms with van der Waals surface area (Å²) in [4.78, 5) is 39.2. The van der Waals surface area contributed by atoms with E-state index in [1.807, 2.05) is 36.1 Å². The third kappa shape index (κ3) is 7.07. The van der Waals surface area contributed by atoms with Gasteiger partial charge in [0.1, 0.15) is 11.5 Å². The number of carbonyl (C=O) groups excluding carboxylic acids is 3. The molecule has 1 aliphatic heterocycles. The fraction of sp³-hybridized carbons (Fsp3) is 0.444. The lowest BCUT2D eigenvalue weighted by Gasteiger charge is -2.21. The molecule has 0 saturated carbocycles. The first kappa shape index (κ1) is 25.3. The molecule has 7 nitrogen and oxygen atoms in total. The molecule has 1 N–H and O–H groups in total. The third-order valence-electron chi connectivity index (χ3n) is 6.07. The Hall–Kier alpha value is -3.35. The van der Waals surface area contributed by atoms with E-state index in [9.17, 15) is 14.4 Å². The number of hydrogen-bond donors (Lipinski definition) is 1. The molecule has 0 spiro atoms. The molecule has 7 heteroatoms. The van der Waals surface area contributed by atoms with Crippen molar-refractivity contribution in [1.29, 1.82) is 0 Å². The highest BCUT2D eigenvalue weighted by atomic mass is 16.5. The molecule has 0 aliphatic carbocycles. The zero-order valence-electron chi connectivity index (χ0n) is 20.0. The Morgan fingerprint density at radius 1 is 1.00 bits per heavy atom. The molecule has 0 radical (unpaired) electrons. The van der Waals surface area contributed by atoms with E-state index in [4.69, 9.17) is 9.47 Å². The van der Waals surface area contributed by atoms with Crippen LogP contribution < -0.4 is 14.8 Å². The molecule has 182 valence electrons. The first-order chi connectivity index (χ1) is 16.5. The molecule has 1 heterocycles. The molecule has 1 unspecified atom stereocenters. The fourth-order valence-corrected chi connectivity index (χ4v) is 4.09. The van der Waals surface area contributed by atoms with Crippen LogP contribution in [-0.4, -0.2) is 49.3 Å². The minimum Gasteiger partial charge on any atom is -0.497 e. The average Bonchev–Trinajstić information content (AvgIpc) is 3.41. The number of para-hydroxylation sites is 1. The molecule has 3 rings (SSSR count). The Kier molecular flexibility index (Phi) is 9.50. The predicted molar refractivity (Wildman–Crippen MR) is 130 cm³/mol. The first-order valence-electron chi connectivity index (χ1n) is 12.0. The van der Waals surface area contributed by atoms with E-state index < -0.39 is 0 Å². The van der Waals surface area contributed by atoms with Gasteiger partial charge in [-0.15, -0.1) is 0 Å². The number of hydrogen-bond acceptors (Lipinski definition) is 5. The molecule has 1 saturated heterocycles. The summed E-state index contributed by atoms with van der Waals surface area (Å²) in [6, 6.07) is 14.2. The van der Waals surface area contributed by atoms with E-state index in [0.29, 0.717) is 36.3 Å². The summed E-state index contributed by atoms with van der Waals surface area (Å²) in [5.41, 5.74) is 1.46. The standard InChI is InChI=1S/C27H34N2O5/c1-3-23(22-9-4-5-11-25(22)34-19-27(32)29-17-6-7-18-29)28-26(31)12-8-10-24(30)20-13-15-21(33-2)16-14-20/h4-5,9,11,13-16,23H,3,6-8,10,12,17-19H2,1-2H3,(H,28,31). The summed E-state index contributed by atoms with van der Waals surface area (Å²) in [5, 5.41) is 3.05. The van der Waals surface area contributed by atoms with Crippen LogP contribution in [0.25, 0.3) is 0 Å². The summed E-state index contributed by atoms with van der Waals surface area (Å²) < 4.78 is 11.0. The van der Waals surface area contributed by atoms with Crippen LogP contribution in [0, 0.1) is 0 Å². The zero-order valence-corrected chi connectivity index (χ0v) is 20.0. The molecule has 1 atom stereocenters. The van der Waals surface area contributed by atoms with Crippen molar-refractivity contribution in [3.05, 3.63) is 59.7 Å². The van der Waals surface area contributed by atoms with Gasteiger partial charge in [-0.25, -0.2) is 0 Å². The molecule has 2 aromatic rings. The lowest BCUT2D eigenvalue weighted by molar-refractivity contribution is -0.132. The number of Topliss-reactive ketones (excluding diaryl/α,β-unsaturated/α-hetero) is 1. The lowest BCUT2D eigenvalue weighted by Crippen LogP contribution is -2.32. The minimum absolute atomic E-state index is 0.00362. The summed E-state index contributed by atoms with van der Waals surface area (Å²) in [7, 11) is 1.58. The molecule has 2 amide bonds. The first-order valence-corrected chi connectivity index (χ1v) is 12.0. The second kappa shape index (κ2) is 12.8. The number of methoxy groups -OCH3 is 1. The highest BCUT2D eigenvalue weighted by molar-refractivity contribution is 5.96. The summed E-state index contributed by atoms with van der Waals surface area (Å²) in [5.74, 6) is 1.19. The van der Waals surface area contributed by atoms with Crippen LogP contribution in [0.4, 0.5) is 0 Å². The van der Waals surface area contributed by atoms with Crippen molar-refractivity contribution in [3.8, 4) is 11.5 Å². The number of ether oxygens (including phenoxy) is 2. The average molecular weight is 467 g/mol. The van der Waals surface area contributed by atoms with Crippen molar-refractivity contribution in [2.45, 2.75) is 51.5 Å². The van der Waals surface area contributed by atoms with Gasteiger partial charge in [-0.05, 0) is 56.0 Å². The summed E-state index contributed by atoms with van der Waals surface area (Å²) in [6.45, 7) is 3.57. The Labute approximate surface area is 201 Å². The van der Waals surface area contributed by atoms with Gasteiger partial charge in [0.2, 0.25) is 5.91 Å². The summed E-state index contributed by atoms with van der Waals surface area (Å²) >= 11 is 0. The third-order valence-corrected chi connectivity index (χ3v) is 6.07. The van der Waals surface area contributed by atoms with Crippen molar-refractivity contribution in [2.24, 2.45) is 0 Å². The van der Waals surface area contributed by atoms with Crippen LogP contribution >= 0.6 is 0 Å². The Balaban J connectivity index is 1.50. The van der Waals surface area contributed by atoms with Gasteiger partial charge in [0, 0.05) is 37.1 Å². The fourth-order valence-electron chi connectivity index (χ4n) is 4.09. The largest absolute Gasteiger partial charge is 0.497 e. The maximum absolute atomic E-state index is 12.6. The van der Waals surface area contributed by atoms with Gasteiger partial charge in [-0.1, -0.05) is 25.1 Å². The van der Waals surface area contributed by atoms with Gasteiger partial charge in [-0.3, -0.25) is 14.4 Å². The van der Waals surface area contributed by atoms with Crippen LogP contribution in [0.3, 0.4) is 0 Å². The Bertz CT molecular complexity index is 967. The number of benzene rings is 2. The van der Waals surface area contributed by atoms with E-state index in [2.05, 4.69) is 5.32 Å². The normalized spacial score (nSPS) is 13.9. The second-order valence-corrected chi connectivity index (χ2v) is 8.45. The highest BCUT2D eigenvalue weighted by Gasteiger charge is 2.21. The number of amides is 2. The van der Waals surface area contributed by atoms with Gasteiger partial charge in [-0.2, -0.15) is 0 Å². The number of ketones is 1. The van der Waals surface area contributed by atoms with Gasteiger partial charge < -0.3 is 19.7 Å². The quantitative estimate of drug-likeness (QED) is 0.471. The molecule has 2 aromatic carbocycles.